The fraction of sp³-hybridized carbons (Fsp3) is 0.278. The molecule has 0 saturated heterocycles. The summed E-state index contributed by atoms with van der Waals surface area (Å²) in [4.78, 5) is 2.42. The molecule has 41 heavy (non-hydrogen) atoms. The zero-order valence-electron chi connectivity index (χ0n) is 25.6. The first-order chi connectivity index (χ1) is 19.4. The summed E-state index contributed by atoms with van der Waals surface area (Å²) in [6.07, 6.45) is 4.27. The standard InChI is InChI=1S/C36H41N5/c1-35(2,3)26-23-27(36(4,5)6)25-28(24-26)40-33-19-13-17-30(38(33)8)31-16-10-12-22-39(31)41-32(18-14-20-34(40)41)29-15-9-11-21-37(29)7/h9-25H,1-8H3/q+4. The highest BCUT2D eigenvalue weighted by molar-refractivity contribution is 5.72. The molecule has 0 amide bonds. The summed E-state index contributed by atoms with van der Waals surface area (Å²) < 4.78 is 9.13. The second-order valence-corrected chi connectivity index (χ2v) is 13.1. The van der Waals surface area contributed by atoms with Crippen molar-refractivity contribution in [3.05, 3.63) is 115 Å². The molecule has 0 saturated carbocycles. The summed E-state index contributed by atoms with van der Waals surface area (Å²) in [6.45, 7) is 13.8. The van der Waals surface area contributed by atoms with Crippen LogP contribution in [-0.2, 0) is 24.9 Å². The summed E-state index contributed by atoms with van der Waals surface area (Å²) in [7, 11) is 4.28. The van der Waals surface area contributed by atoms with Crippen molar-refractivity contribution in [2.24, 2.45) is 14.1 Å². The van der Waals surface area contributed by atoms with E-state index < -0.39 is 0 Å². The van der Waals surface area contributed by atoms with Crippen LogP contribution in [0.5, 0.6) is 0 Å². The maximum Gasteiger partial charge on any atom is 0.352 e. The summed E-state index contributed by atoms with van der Waals surface area (Å²) in [5, 5.41) is 0. The van der Waals surface area contributed by atoms with Crippen LogP contribution >= 0.6 is 0 Å². The molecule has 5 heteroatoms. The molecular formula is C36H41N5+4. The van der Waals surface area contributed by atoms with Crippen molar-refractivity contribution in [2.45, 2.75) is 52.4 Å². The third-order valence-electron chi connectivity index (χ3n) is 8.15. The Morgan fingerprint density at radius 1 is 0.537 bits per heavy atom. The lowest BCUT2D eigenvalue weighted by molar-refractivity contribution is -1.28. The van der Waals surface area contributed by atoms with Crippen molar-refractivity contribution < 1.29 is 18.5 Å². The van der Waals surface area contributed by atoms with E-state index in [-0.39, 0.29) is 10.8 Å². The van der Waals surface area contributed by atoms with Gasteiger partial charge in [-0.1, -0.05) is 47.6 Å². The molecular weight excluding hydrogens is 502 g/mol. The van der Waals surface area contributed by atoms with Gasteiger partial charge in [-0.05, 0) is 70.5 Å². The smallest absolute Gasteiger partial charge is 0.224 e. The van der Waals surface area contributed by atoms with Crippen LogP contribution in [0.2, 0.25) is 0 Å². The number of rotatable bonds is 2. The van der Waals surface area contributed by atoms with Gasteiger partial charge in [0.2, 0.25) is 11.9 Å². The van der Waals surface area contributed by atoms with Crippen LogP contribution in [0.25, 0.3) is 22.8 Å². The lowest BCUT2D eigenvalue weighted by Crippen LogP contribution is -2.71. The molecule has 5 heterocycles. The number of pyridine rings is 4. The van der Waals surface area contributed by atoms with Crippen molar-refractivity contribution in [2.75, 3.05) is 4.90 Å². The summed E-state index contributed by atoms with van der Waals surface area (Å²) >= 11 is 0. The molecule has 1 aliphatic rings. The van der Waals surface area contributed by atoms with E-state index >= 15 is 0 Å². The average molecular weight is 544 g/mol. The molecule has 0 unspecified atom stereocenters. The highest BCUT2D eigenvalue weighted by Crippen LogP contribution is 2.39. The van der Waals surface area contributed by atoms with Gasteiger partial charge in [0.15, 0.2) is 6.20 Å². The Labute approximate surface area is 244 Å². The van der Waals surface area contributed by atoms with Gasteiger partial charge in [0.1, 0.15) is 12.7 Å². The molecule has 1 aromatic carbocycles. The van der Waals surface area contributed by atoms with Gasteiger partial charge in [0.05, 0.1) is 7.05 Å². The number of nitrogens with zero attached hydrogens (tertiary/aromatic N) is 5. The molecule has 0 atom stereocenters. The van der Waals surface area contributed by atoms with Crippen LogP contribution in [0.3, 0.4) is 0 Å². The molecule has 0 aliphatic carbocycles. The quantitative estimate of drug-likeness (QED) is 0.248. The van der Waals surface area contributed by atoms with Crippen molar-refractivity contribution in [3.8, 4) is 22.8 Å². The molecule has 0 radical (unpaired) electrons. The van der Waals surface area contributed by atoms with Crippen molar-refractivity contribution in [1.29, 1.82) is 0 Å². The van der Waals surface area contributed by atoms with E-state index in [2.05, 4.69) is 182 Å². The Morgan fingerprint density at radius 3 is 1.73 bits per heavy atom. The minimum atomic E-state index is -0.000253. The monoisotopic (exact) mass is 543 g/mol. The zero-order chi connectivity index (χ0) is 29.1. The predicted molar refractivity (Wildman–Crippen MR) is 163 cm³/mol. The molecule has 5 nitrogen and oxygen atoms in total. The van der Waals surface area contributed by atoms with Gasteiger partial charge in [-0.3, -0.25) is 0 Å². The van der Waals surface area contributed by atoms with E-state index in [0.29, 0.717) is 0 Å². The molecule has 0 N–H and O–H groups in total. The first-order valence-electron chi connectivity index (χ1n) is 14.4. The second kappa shape index (κ2) is 9.62. The van der Waals surface area contributed by atoms with Gasteiger partial charge < -0.3 is 0 Å². The number of benzene rings is 1. The van der Waals surface area contributed by atoms with Crippen LogP contribution in [0.1, 0.15) is 52.7 Å². The summed E-state index contributed by atoms with van der Waals surface area (Å²) in [6, 6.07) is 33.2. The maximum atomic E-state index is 2.42. The van der Waals surface area contributed by atoms with Gasteiger partial charge in [-0.2, -0.15) is 9.47 Å². The highest BCUT2D eigenvalue weighted by atomic mass is 15.5. The number of anilines is 3. The van der Waals surface area contributed by atoms with Crippen LogP contribution in [-0.4, -0.2) is 0 Å². The Bertz CT molecular complexity index is 1760. The zero-order valence-corrected chi connectivity index (χ0v) is 25.6. The van der Waals surface area contributed by atoms with Crippen molar-refractivity contribution >= 4 is 17.3 Å². The largest absolute Gasteiger partial charge is 0.352 e. The van der Waals surface area contributed by atoms with Crippen molar-refractivity contribution in [1.82, 2.24) is 0 Å². The summed E-state index contributed by atoms with van der Waals surface area (Å²) in [5.41, 5.74) is 8.29. The Balaban J connectivity index is 1.77. The van der Waals surface area contributed by atoms with Gasteiger partial charge in [0.25, 0.3) is 17.2 Å². The Morgan fingerprint density at radius 2 is 1.10 bits per heavy atom. The average Bonchev–Trinajstić information content (AvgIpc) is 2.93. The Hall–Kier alpha value is -4.38. The first kappa shape index (κ1) is 26.8. The van der Waals surface area contributed by atoms with Gasteiger partial charge >= 0.3 is 11.5 Å². The van der Waals surface area contributed by atoms with Crippen LogP contribution < -0.4 is 23.4 Å². The number of aromatic nitrogens is 4. The number of fused-ring (bicyclic) bond motifs is 6. The molecule has 5 aromatic rings. The van der Waals surface area contributed by atoms with Crippen molar-refractivity contribution in [3.63, 3.8) is 0 Å². The van der Waals surface area contributed by atoms with E-state index in [1.54, 1.807) is 0 Å². The first-order valence-corrected chi connectivity index (χ1v) is 14.4. The third-order valence-corrected chi connectivity index (χ3v) is 8.15. The molecule has 0 fully saturated rings. The fourth-order valence-corrected chi connectivity index (χ4v) is 5.72. The van der Waals surface area contributed by atoms with E-state index in [4.69, 9.17) is 0 Å². The Kier molecular flexibility index (Phi) is 6.29. The van der Waals surface area contributed by atoms with E-state index in [9.17, 15) is 0 Å². The van der Waals surface area contributed by atoms with E-state index in [1.165, 1.54) is 11.1 Å². The SMILES string of the molecule is C[n+]1ccccc1-c1cccc2[n+]1-[n+]1ccccc1-c1cccc([n+]1C)N2c1cc(C(C)(C)C)cc(C(C)(C)C)c1. The molecule has 4 aromatic heterocycles. The van der Waals surface area contributed by atoms with Gasteiger partial charge in [-0.25, -0.2) is 4.57 Å². The molecule has 206 valence electrons. The van der Waals surface area contributed by atoms with Crippen LogP contribution in [0.15, 0.2) is 103 Å². The predicted octanol–water partition coefficient (Wildman–Crippen LogP) is 5.93. The van der Waals surface area contributed by atoms with Crippen LogP contribution in [0.4, 0.5) is 17.3 Å². The van der Waals surface area contributed by atoms with Gasteiger partial charge in [0, 0.05) is 45.8 Å². The summed E-state index contributed by atoms with van der Waals surface area (Å²) in [5.74, 6) is 2.16. The van der Waals surface area contributed by atoms with Crippen LogP contribution in [0, 0.1) is 0 Å². The number of hydrogen-bond donors (Lipinski definition) is 0. The minimum Gasteiger partial charge on any atom is -0.224 e. The topological polar surface area (TPSA) is 18.8 Å². The molecule has 0 spiro atoms. The third kappa shape index (κ3) is 4.59. The van der Waals surface area contributed by atoms with E-state index in [1.807, 2.05) is 0 Å². The fourth-order valence-electron chi connectivity index (χ4n) is 5.72. The van der Waals surface area contributed by atoms with Gasteiger partial charge in [-0.15, -0.1) is 0 Å². The number of hydrogen-bond acceptors (Lipinski definition) is 1. The lowest BCUT2D eigenvalue weighted by atomic mass is 9.80. The lowest BCUT2D eigenvalue weighted by Gasteiger charge is -2.28. The molecule has 2 bridgehead atoms. The minimum absolute atomic E-state index is 0.000253. The normalized spacial score (nSPS) is 12.8. The number of aryl methyl sites for hydroxylation is 1. The van der Waals surface area contributed by atoms with E-state index in [0.717, 1.165) is 40.1 Å². The molecule has 1 aliphatic heterocycles. The molecule has 6 rings (SSSR count). The maximum absolute atomic E-state index is 2.42. The second-order valence-electron chi connectivity index (χ2n) is 13.1. The highest BCUT2D eigenvalue weighted by Gasteiger charge is 2.42.